The van der Waals surface area contributed by atoms with Crippen LogP contribution in [0, 0.1) is 19.8 Å². The average molecular weight is 562 g/mol. The van der Waals surface area contributed by atoms with E-state index in [2.05, 4.69) is 21.8 Å². The zero-order valence-electron chi connectivity index (χ0n) is 24.4. The lowest BCUT2D eigenvalue weighted by molar-refractivity contribution is -0.135. The molecule has 0 radical (unpaired) electrons. The van der Waals surface area contributed by atoms with Gasteiger partial charge >= 0.3 is 0 Å². The summed E-state index contributed by atoms with van der Waals surface area (Å²) < 4.78 is 7.59. The van der Waals surface area contributed by atoms with Crippen molar-refractivity contribution in [2.24, 2.45) is 11.7 Å². The van der Waals surface area contributed by atoms with Crippen molar-refractivity contribution in [2.45, 2.75) is 59.5 Å². The molecule has 10 nitrogen and oxygen atoms in total. The molecule has 3 heterocycles. The van der Waals surface area contributed by atoms with Gasteiger partial charge in [-0.15, -0.1) is 0 Å². The summed E-state index contributed by atoms with van der Waals surface area (Å²) in [5.74, 6) is -0.0138. The second-order valence-corrected chi connectivity index (χ2v) is 10.8. The Morgan fingerprint density at radius 1 is 1.20 bits per heavy atom. The number of ketones is 1. The summed E-state index contributed by atoms with van der Waals surface area (Å²) >= 11 is 0. The fraction of sp³-hybridized carbons (Fsp3) is 0.419. The molecule has 1 atom stereocenters. The fourth-order valence-electron chi connectivity index (χ4n) is 5.90. The number of rotatable bonds is 9. The highest BCUT2D eigenvalue weighted by Gasteiger charge is 2.31. The van der Waals surface area contributed by atoms with Crippen LogP contribution < -0.4 is 21.3 Å². The van der Waals surface area contributed by atoms with E-state index in [1.807, 2.05) is 31.2 Å². The highest BCUT2D eigenvalue weighted by Crippen LogP contribution is 2.36. The van der Waals surface area contributed by atoms with E-state index >= 15 is 0 Å². The van der Waals surface area contributed by atoms with E-state index < -0.39 is 0 Å². The maximum atomic E-state index is 13.6. The number of allylic oxidation sites excluding steroid dienone is 2. The van der Waals surface area contributed by atoms with Gasteiger partial charge in [-0.1, -0.05) is 18.2 Å². The molecule has 218 valence electrons. The van der Waals surface area contributed by atoms with Crippen molar-refractivity contribution in [1.82, 2.24) is 19.8 Å². The summed E-state index contributed by atoms with van der Waals surface area (Å²) in [4.78, 5) is 55.3. The van der Waals surface area contributed by atoms with Crippen LogP contribution in [-0.2, 0) is 16.1 Å². The van der Waals surface area contributed by atoms with Gasteiger partial charge in [0.25, 0.3) is 11.5 Å². The number of hydrogen-bond donors (Lipinski definition) is 3. The van der Waals surface area contributed by atoms with Crippen LogP contribution in [0.1, 0.15) is 66.5 Å². The Labute approximate surface area is 239 Å². The summed E-state index contributed by atoms with van der Waals surface area (Å²) in [5.41, 5.74) is 9.07. The minimum absolute atomic E-state index is 0.0295. The van der Waals surface area contributed by atoms with E-state index in [9.17, 15) is 19.2 Å². The number of pyridine rings is 1. The second kappa shape index (κ2) is 12.4. The van der Waals surface area contributed by atoms with Crippen molar-refractivity contribution in [2.75, 3.05) is 20.2 Å². The second-order valence-electron chi connectivity index (χ2n) is 10.8. The van der Waals surface area contributed by atoms with Crippen molar-refractivity contribution in [3.63, 3.8) is 0 Å². The first-order valence-corrected chi connectivity index (χ1v) is 13.9. The SMILES string of the molecule is COc1cc(C)[nH]c(=O)c1CNC(=O)c1c(C)n([C@H](C)C2CCN(C(=O)CC(=O)C=C(C)N)CC2)c2ccccc12. The number of likely N-dealkylation sites (tertiary alicyclic amines) is 1. The summed E-state index contributed by atoms with van der Waals surface area (Å²) in [5, 5.41) is 3.77. The normalized spacial score (nSPS) is 15.1. The molecule has 0 spiro atoms. The number of carbonyl (C=O) groups is 3. The number of methoxy groups -OCH3 is 1. The number of nitrogens with two attached hydrogens (primary N) is 1. The summed E-state index contributed by atoms with van der Waals surface area (Å²) in [6.45, 7) is 8.67. The Kier molecular flexibility index (Phi) is 9.00. The Hall–Kier alpha value is -4.34. The lowest BCUT2D eigenvalue weighted by Crippen LogP contribution is -2.40. The lowest BCUT2D eigenvalue weighted by Gasteiger charge is -2.36. The molecule has 2 aromatic heterocycles. The minimum atomic E-state index is -0.296. The number of amides is 2. The van der Waals surface area contributed by atoms with Crippen LogP contribution in [0.25, 0.3) is 10.9 Å². The lowest BCUT2D eigenvalue weighted by atomic mass is 9.89. The zero-order chi connectivity index (χ0) is 29.8. The molecule has 0 saturated carbocycles. The van der Waals surface area contributed by atoms with Crippen LogP contribution in [0.2, 0.25) is 0 Å². The number of aromatic nitrogens is 2. The fourth-order valence-corrected chi connectivity index (χ4v) is 5.90. The molecule has 1 aliphatic rings. The maximum absolute atomic E-state index is 13.6. The van der Waals surface area contributed by atoms with Crippen LogP contribution in [0.3, 0.4) is 0 Å². The van der Waals surface area contributed by atoms with E-state index in [1.165, 1.54) is 13.2 Å². The number of nitrogens with zero attached hydrogens (tertiary/aromatic N) is 2. The number of ether oxygens (including phenoxy) is 1. The first-order chi connectivity index (χ1) is 19.5. The van der Waals surface area contributed by atoms with Gasteiger partial charge in [-0.2, -0.15) is 0 Å². The number of carbonyl (C=O) groups excluding carboxylic acids is 3. The first-order valence-electron chi connectivity index (χ1n) is 13.9. The molecular weight excluding hydrogens is 522 g/mol. The number of benzene rings is 1. The van der Waals surface area contributed by atoms with E-state index in [4.69, 9.17) is 10.5 Å². The number of para-hydroxylation sites is 1. The van der Waals surface area contributed by atoms with Gasteiger partial charge in [0.15, 0.2) is 5.78 Å². The topological polar surface area (TPSA) is 140 Å². The molecule has 3 aromatic rings. The van der Waals surface area contributed by atoms with Gasteiger partial charge in [-0.25, -0.2) is 0 Å². The molecule has 2 amide bonds. The van der Waals surface area contributed by atoms with Crippen molar-refractivity contribution in [3.05, 3.63) is 75.0 Å². The summed E-state index contributed by atoms with van der Waals surface area (Å²) in [6.07, 6.45) is 2.71. The number of aromatic amines is 1. The zero-order valence-corrected chi connectivity index (χ0v) is 24.4. The molecular formula is C31H39N5O5. The smallest absolute Gasteiger partial charge is 0.256 e. The number of aryl methyl sites for hydroxylation is 1. The average Bonchev–Trinajstić information content (AvgIpc) is 3.22. The van der Waals surface area contributed by atoms with E-state index in [0.29, 0.717) is 41.4 Å². The van der Waals surface area contributed by atoms with Crippen LogP contribution in [-0.4, -0.2) is 52.2 Å². The third kappa shape index (κ3) is 6.37. The number of H-pyrrole nitrogens is 1. The summed E-state index contributed by atoms with van der Waals surface area (Å²) in [6, 6.07) is 9.63. The Bertz CT molecular complexity index is 1550. The van der Waals surface area contributed by atoms with Crippen LogP contribution in [0.5, 0.6) is 5.75 Å². The molecule has 1 aliphatic heterocycles. The highest BCUT2D eigenvalue weighted by atomic mass is 16.5. The molecule has 4 N–H and O–H groups in total. The Balaban J connectivity index is 1.52. The molecule has 4 rings (SSSR count). The minimum Gasteiger partial charge on any atom is -0.496 e. The number of fused-ring (bicyclic) bond motifs is 1. The van der Waals surface area contributed by atoms with Crippen LogP contribution in [0.15, 0.2) is 46.9 Å². The highest BCUT2D eigenvalue weighted by molar-refractivity contribution is 6.08. The van der Waals surface area contributed by atoms with Gasteiger partial charge < -0.3 is 30.2 Å². The standard InChI is InChI=1S/C31H39N5O5/c1-18(32)14-23(37)16-28(38)35-12-10-22(11-13-35)20(3)36-21(4)29(24-8-6-7-9-26(24)36)31(40)33-17-25-27(41-5)15-19(2)34-30(25)39/h6-9,14-15,20,22H,10-13,16-17,32H2,1-5H3,(H,33,40)(H,34,39)/t20-/m1/s1. The predicted octanol–water partition coefficient (Wildman–Crippen LogP) is 3.51. The Morgan fingerprint density at radius 2 is 1.88 bits per heavy atom. The first kappa shape index (κ1) is 29.6. The van der Waals surface area contributed by atoms with Gasteiger partial charge in [0.1, 0.15) is 5.75 Å². The van der Waals surface area contributed by atoms with Gasteiger partial charge in [0.05, 0.1) is 31.2 Å². The molecule has 10 heteroatoms. The maximum Gasteiger partial charge on any atom is 0.256 e. The number of hydrogen-bond acceptors (Lipinski definition) is 6. The molecule has 1 saturated heterocycles. The van der Waals surface area contributed by atoms with Gasteiger partial charge in [0.2, 0.25) is 5.91 Å². The number of nitrogens with one attached hydrogen (secondary N) is 2. The third-order valence-electron chi connectivity index (χ3n) is 7.95. The molecule has 0 unspecified atom stereocenters. The molecule has 1 aromatic carbocycles. The van der Waals surface area contributed by atoms with Gasteiger partial charge in [0, 0.05) is 53.2 Å². The van der Waals surface area contributed by atoms with Gasteiger partial charge in [-0.05, 0) is 58.6 Å². The third-order valence-corrected chi connectivity index (χ3v) is 7.95. The molecule has 41 heavy (non-hydrogen) atoms. The predicted molar refractivity (Wildman–Crippen MR) is 158 cm³/mol. The van der Waals surface area contributed by atoms with E-state index in [-0.39, 0.29) is 48.1 Å². The van der Waals surface area contributed by atoms with Crippen LogP contribution in [0.4, 0.5) is 0 Å². The number of piperidine rings is 1. The summed E-state index contributed by atoms with van der Waals surface area (Å²) in [7, 11) is 1.50. The van der Waals surface area contributed by atoms with Crippen molar-refractivity contribution >= 4 is 28.5 Å². The molecule has 0 bridgehead atoms. The quantitative estimate of drug-likeness (QED) is 0.270. The van der Waals surface area contributed by atoms with Gasteiger partial charge in [-0.3, -0.25) is 19.2 Å². The largest absolute Gasteiger partial charge is 0.496 e. The molecule has 0 aliphatic carbocycles. The van der Waals surface area contributed by atoms with Crippen molar-refractivity contribution in [3.8, 4) is 5.75 Å². The van der Waals surface area contributed by atoms with E-state index in [0.717, 1.165) is 29.4 Å². The molecule has 1 fully saturated rings. The monoisotopic (exact) mass is 561 g/mol. The van der Waals surface area contributed by atoms with Crippen molar-refractivity contribution < 1.29 is 19.1 Å². The van der Waals surface area contributed by atoms with Crippen molar-refractivity contribution in [1.29, 1.82) is 0 Å². The Morgan fingerprint density at radius 3 is 2.54 bits per heavy atom. The van der Waals surface area contributed by atoms with Crippen LogP contribution >= 0.6 is 0 Å². The van der Waals surface area contributed by atoms with E-state index in [1.54, 1.807) is 24.8 Å².